The molecule has 0 bridgehead atoms. The van der Waals surface area contributed by atoms with Crippen LogP contribution < -0.4 is 5.32 Å². The van der Waals surface area contributed by atoms with E-state index in [0.29, 0.717) is 24.2 Å². The van der Waals surface area contributed by atoms with Crippen molar-refractivity contribution in [2.45, 2.75) is 37.6 Å². The molecule has 1 saturated heterocycles. The van der Waals surface area contributed by atoms with Gasteiger partial charge in [0.1, 0.15) is 6.61 Å². The van der Waals surface area contributed by atoms with Gasteiger partial charge in [0.15, 0.2) is 0 Å². The van der Waals surface area contributed by atoms with E-state index in [1.807, 2.05) is 29.2 Å². The van der Waals surface area contributed by atoms with Gasteiger partial charge in [-0.3, -0.25) is 10.1 Å². The average Bonchev–Trinajstić information content (AvgIpc) is 3.21. The van der Waals surface area contributed by atoms with Gasteiger partial charge in [0.2, 0.25) is 0 Å². The van der Waals surface area contributed by atoms with Gasteiger partial charge in [0.05, 0.1) is 0 Å². The Morgan fingerprint density at radius 2 is 1.66 bits per heavy atom. The van der Waals surface area contributed by atoms with Gasteiger partial charge < -0.3 is 14.7 Å². The summed E-state index contributed by atoms with van der Waals surface area (Å²) in [5, 5.41) is 12.1. The quantitative estimate of drug-likeness (QED) is 0.504. The number of hydrogen-bond donors (Lipinski definition) is 2. The molecule has 0 saturated carbocycles. The zero-order valence-corrected chi connectivity index (χ0v) is 19.7. The van der Waals surface area contributed by atoms with Gasteiger partial charge in [-0.05, 0) is 66.1 Å². The molecule has 1 atom stereocenters. The van der Waals surface area contributed by atoms with Crippen molar-refractivity contribution >= 4 is 17.7 Å². The van der Waals surface area contributed by atoms with Crippen molar-refractivity contribution in [2.75, 3.05) is 25.1 Å². The van der Waals surface area contributed by atoms with E-state index in [4.69, 9.17) is 4.74 Å². The first-order valence-electron chi connectivity index (χ1n) is 12.3. The highest BCUT2D eigenvalue weighted by atomic mass is 16.5. The van der Waals surface area contributed by atoms with Crippen molar-refractivity contribution < 1.29 is 19.4 Å². The van der Waals surface area contributed by atoms with Gasteiger partial charge in [-0.15, -0.1) is 0 Å². The van der Waals surface area contributed by atoms with Gasteiger partial charge in [0, 0.05) is 36.4 Å². The maximum atomic E-state index is 13.2. The molecule has 0 spiro atoms. The number of benzene rings is 3. The van der Waals surface area contributed by atoms with E-state index in [2.05, 4.69) is 29.6 Å². The number of ether oxygens (including phenoxy) is 1. The van der Waals surface area contributed by atoms with Gasteiger partial charge >= 0.3 is 6.09 Å². The molecule has 1 aliphatic carbocycles. The summed E-state index contributed by atoms with van der Waals surface area (Å²) in [7, 11) is 0. The third kappa shape index (κ3) is 4.80. The van der Waals surface area contributed by atoms with E-state index in [-0.39, 0.29) is 31.1 Å². The van der Waals surface area contributed by atoms with Crippen LogP contribution in [-0.2, 0) is 4.74 Å². The van der Waals surface area contributed by atoms with Crippen LogP contribution in [0.5, 0.6) is 0 Å². The predicted molar refractivity (Wildman–Crippen MR) is 136 cm³/mol. The van der Waals surface area contributed by atoms with E-state index in [0.717, 1.165) is 30.4 Å². The lowest BCUT2D eigenvalue weighted by Crippen LogP contribution is -2.44. The standard InChI is InChI=1S/C29H30N2O4/c32-17-15-22-10-5-6-16-31(22)28(33)20-8-7-9-21(18-20)30-29(34)35-19-27-25-13-3-1-11-23(25)24-12-2-4-14-26(24)27/h1-4,7-9,11-14,18,22,27,32H,5-6,10,15-17,19H2,(H,30,34). The Hall–Kier alpha value is -3.64. The molecule has 2 N–H and O–H groups in total. The molecule has 2 aliphatic rings. The van der Waals surface area contributed by atoms with E-state index in [1.165, 1.54) is 11.1 Å². The number of aliphatic hydroxyl groups excluding tert-OH is 1. The number of likely N-dealkylation sites (tertiary alicyclic amines) is 1. The minimum absolute atomic E-state index is 0.0105. The molecule has 6 heteroatoms. The zero-order valence-electron chi connectivity index (χ0n) is 19.7. The van der Waals surface area contributed by atoms with Crippen molar-refractivity contribution in [1.82, 2.24) is 4.90 Å². The number of piperidine rings is 1. The molecule has 1 heterocycles. The van der Waals surface area contributed by atoms with Gasteiger partial charge in [-0.25, -0.2) is 4.79 Å². The molecule has 35 heavy (non-hydrogen) atoms. The molecule has 1 fully saturated rings. The lowest BCUT2D eigenvalue weighted by Gasteiger charge is -2.35. The van der Waals surface area contributed by atoms with Crippen LogP contribution in [0.3, 0.4) is 0 Å². The number of amides is 2. The van der Waals surface area contributed by atoms with Crippen LogP contribution in [0.1, 0.15) is 53.1 Å². The highest BCUT2D eigenvalue weighted by Gasteiger charge is 2.29. The van der Waals surface area contributed by atoms with Crippen LogP contribution in [0.25, 0.3) is 11.1 Å². The van der Waals surface area contributed by atoms with Crippen LogP contribution in [0.4, 0.5) is 10.5 Å². The maximum absolute atomic E-state index is 13.2. The topological polar surface area (TPSA) is 78.9 Å². The Bertz CT molecular complexity index is 1180. The third-order valence-corrected chi connectivity index (χ3v) is 7.05. The molecule has 0 radical (unpaired) electrons. The normalized spacial score (nSPS) is 16.9. The van der Waals surface area contributed by atoms with Crippen LogP contribution in [0, 0.1) is 0 Å². The molecular weight excluding hydrogens is 440 g/mol. The molecule has 3 aromatic rings. The minimum Gasteiger partial charge on any atom is -0.448 e. The predicted octanol–water partition coefficient (Wildman–Crippen LogP) is 5.42. The van der Waals surface area contributed by atoms with Crippen molar-refractivity contribution in [3.63, 3.8) is 0 Å². The second kappa shape index (κ2) is 10.3. The van der Waals surface area contributed by atoms with Gasteiger partial charge in [0.25, 0.3) is 5.91 Å². The number of aliphatic hydroxyl groups is 1. The SMILES string of the molecule is O=C(Nc1cccc(C(=O)N2CCCCC2CCO)c1)OCC1c2ccccc2-c2ccccc21. The lowest BCUT2D eigenvalue weighted by molar-refractivity contribution is 0.0574. The maximum Gasteiger partial charge on any atom is 0.411 e. The number of hydrogen-bond acceptors (Lipinski definition) is 4. The number of nitrogens with zero attached hydrogens (tertiary/aromatic N) is 1. The second-order valence-electron chi connectivity index (χ2n) is 9.19. The molecule has 1 unspecified atom stereocenters. The lowest BCUT2D eigenvalue weighted by atomic mass is 9.98. The summed E-state index contributed by atoms with van der Waals surface area (Å²) >= 11 is 0. The number of anilines is 1. The van der Waals surface area contributed by atoms with Crippen LogP contribution in [0.15, 0.2) is 72.8 Å². The number of carbonyl (C=O) groups excluding carboxylic acids is 2. The van der Waals surface area contributed by atoms with E-state index in [1.54, 1.807) is 24.3 Å². The van der Waals surface area contributed by atoms with Crippen molar-refractivity contribution in [3.05, 3.63) is 89.5 Å². The third-order valence-electron chi connectivity index (χ3n) is 7.05. The minimum atomic E-state index is -0.549. The van der Waals surface area contributed by atoms with E-state index in [9.17, 15) is 14.7 Å². The second-order valence-corrected chi connectivity index (χ2v) is 9.19. The molecule has 1 aliphatic heterocycles. The summed E-state index contributed by atoms with van der Waals surface area (Å²) in [5.41, 5.74) is 5.72. The Morgan fingerprint density at radius 3 is 2.37 bits per heavy atom. The monoisotopic (exact) mass is 470 g/mol. The van der Waals surface area contributed by atoms with E-state index >= 15 is 0 Å². The zero-order chi connectivity index (χ0) is 24.2. The van der Waals surface area contributed by atoms with Crippen LogP contribution >= 0.6 is 0 Å². The Balaban J connectivity index is 1.24. The smallest absolute Gasteiger partial charge is 0.411 e. The summed E-state index contributed by atoms with van der Waals surface area (Å²) in [6, 6.07) is 23.4. The van der Waals surface area contributed by atoms with Gasteiger partial charge in [-0.1, -0.05) is 54.6 Å². The Kier molecular flexibility index (Phi) is 6.82. The molecule has 6 nitrogen and oxygen atoms in total. The summed E-state index contributed by atoms with van der Waals surface area (Å²) in [4.78, 5) is 27.7. The number of rotatable bonds is 6. The summed E-state index contributed by atoms with van der Waals surface area (Å²) in [6.07, 6.45) is 2.98. The first-order valence-corrected chi connectivity index (χ1v) is 12.3. The number of fused-ring (bicyclic) bond motifs is 3. The van der Waals surface area contributed by atoms with Crippen molar-refractivity contribution in [3.8, 4) is 11.1 Å². The molecule has 2 amide bonds. The fraction of sp³-hybridized carbons (Fsp3) is 0.310. The number of nitrogens with one attached hydrogen (secondary N) is 1. The average molecular weight is 471 g/mol. The highest BCUT2D eigenvalue weighted by molar-refractivity contribution is 5.96. The Labute approximate surface area is 205 Å². The molecule has 180 valence electrons. The van der Waals surface area contributed by atoms with Crippen LogP contribution in [0.2, 0.25) is 0 Å². The number of carbonyl (C=O) groups is 2. The van der Waals surface area contributed by atoms with Crippen LogP contribution in [-0.4, -0.2) is 47.8 Å². The first-order chi connectivity index (χ1) is 17.2. The summed E-state index contributed by atoms with van der Waals surface area (Å²) in [5.74, 6) is -0.0806. The summed E-state index contributed by atoms with van der Waals surface area (Å²) in [6.45, 7) is 0.987. The van der Waals surface area contributed by atoms with E-state index < -0.39 is 6.09 Å². The molecule has 3 aromatic carbocycles. The fourth-order valence-electron chi connectivity index (χ4n) is 5.37. The Morgan fingerprint density at radius 1 is 0.943 bits per heavy atom. The highest BCUT2D eigenvalue weighted by Crippen LogP contribution is 2.44. The van der Waals surface area contributed by atoms with Crippen molar-refractivity contribution in [1.29, 1.82) is 0 Å². The fourth-order valence-corrected chi connectivity index (χ4v) is 5.37. The summed E-state index contributed by atoms with van der Waals surface area (Å²) < 4.78 is 5.64. The largest absolute Gasteiger partial charge is 0.448 e. The molecular formula is C29H30N2O4. The molecule has 5 rings (SSSR count). The van der Waals surface area contributed by atoms with Gasteiger partial charge in [-0.2, -0.15) is 0 Å². The molecule has 0 aromatic heterocycles. The first kappa shape index (κ1) is 23.1. The van der Waals surface area contributed by atoms with Crippen molar-refractivity contribution in [2.24, 2.45) is 0 Å².